The van der Waals surface area contributed by atoms with Crippen molar-refractivity contribution in [3.8, 4) is 0 Å². The Hall–Kier alpha value is -1.93. The second-order valence-electron chi connectivity index (χ2n) is 6.96. The van der Waals surface area contributed by atoms with Gasteiger partial charge in [-0.2, -0.15) is 13.2 Å². The van der Waals surface area contributed by atoms with Gasteiger partial charge in [-0.15, -0.1) is 0 Å². The van der Waals surface area contributed by atoms with Crippen molar-refractivity contribution in [2.45, 2.75) is 35.0 Å². The number of hydrogen-bond donors (Lipinski definition) is 1. The summed E-state index contributed by atoms with van der Waals surface area (Å²) >= 11 is 1.09. The van der Waals surface area contributed by atoms with Crippen molar-refractivity contribution >= 4 is 17.7 Å². The van der Waals surface area contributed by atoms with Crippen molar-refractivity contribution in [1.29, 1.82) is 0 Å². The number of fused-ring (bicyclic) bond motifs is 3. The lowest BCUT2D eigenvalue weighted by Gasteiger charge is -2.44. The normalized spacial score (nSPS) is 24.8. The van der Waals surface area contributed by atoms with Crippen molar-refractivity contribution in [3.05, 3.63) is 47.7 Å². The number of piperidine rings is 3. The molecule has 3 saturated heterocycles. The predicted octanol–water partition coefficient (Wildman–Crippen LogP) is 4.27. The van der Waals surface area contributed by atoms with E-state index in [2.05, 4.69) is 10.2 Å². The standard InChI is InChI=1S/C19H19F3N2O2S/c20-19(21,22)16-5-6-17(26-16)27-14-3-1-13(2-4-14)18(25)23-15-11-24-9-7-12(15)8-10-24/h1-6,12,15H,7-11H2,(H,23,25)/t15-/m0/s1. The second kappa shape index (κ2) is 7.24. The van der Waals surface area contributed by atoms with E-state index >= 15 is 0 Å². The van der Waals surface area contributed by atoms with Crippen LogP contribution in [0.25, 0.3) is 0 Å². The number of rotatable bonds is 4. The molecule has 4 heterocycles. The van der Waals surface area contributed by atoms with Gasteiger partial charge in [0, 0.05) is 23.0 Å². The highest BCUT2D eigenvalue weighted by molar-refractivity contribution is 7.99. The Kier molecular flexibility index (Phi) is 4.94. The third kappa shape index (κ3) is 4.16. The molecule has 1 aromatic carbocycles. The Morgan fingerprint density at radius 3 is 2.37 bits per heavy atom. The SMILES string of the molecule is O=C(N[C@H]1CN2CCC1CC2)c1ccc(Sc2ccc(C(F)(F)F)o2)cc1. The highest BCUT2D eigenvalue weighted by Crippen LogP contribution is 2.36. The number of hydrogen-bond acceptors (Lipinski definition) is 4. The van der Waals surface area contributed by atoms with E-state index in [9.17, 15) is 18.0 Å². The van der Waals surface area contributed by atoms with Crippen LogP contribution in [0.4, 0.5) is 13.2 Å². The Labute approximate surface area is 159 Å². The summed E-state index contributed by atoms with van der Waals surface area (Å²) in [7, 11) is 0. The quantitative estimate of drug-likeness (QED) is 0.838. The van der Waals surface area contributed by atoms with Gasteiger partial charge >= 0.3 is 6.18 Å². The first kappa shape index (κ1) is 18.4. The molecule has 144 valence electrons. The molecule has 27 heavy (non-hydrogen) atoms. The van der Waals surface area contributed by atoms with Crippen LogP contribution < -0.4 is 5.32 Å². The van der Waals surface area contributed by atoms with E-state index < -0.39 is 11.9 Å². The lowest BCUT2D eigenvalue weighted by molar-refractivity contribution is -0.154. The van der Waals surface area contributed by atoms with E-state index in [1.165, 1.54) is 6.07 Å². The summed E-state index contributed by atoms with van der Waals surface area (Å²) in [6.07, 6.45) is -2.23. The van der Waals surface area contributed by atoms with Crippen LogP contribution in [-0.2, 0) is 6.18 Å². The Bertz CT molecular complexity index is 811. The van der Waals surface area contributed by atoms with Crippen LogP contribution in [0.3, 0.4) is 0 Å². The predicted molar refractivity (Wildman–Crippen MR) is 94.7 cm³/mol. The molecular weight excluding hydrogens is 377 g/mol. The van der Waals surface area contributed by atoms with E-state index in [0.29, 0.717) is 16.4 Å². The molecule has 0 saturated carbocycles. The van der Waals surface area contributed by atoms with Gasteiger partial charge in [-0.25, -0.2) is 0 Å². The highest BCUT2D eigenvalue weighted by Gasteiger charge is 2.35. The van der Waals surface area contributed by atoms with Crippen molar-refractivity contribution in [2.75, 3.05) is 19.6 Å². The molecule has 1 amide bonds. The molecule has 3 fully saturated rings. The lowest BCUT2D eigenvalue weighted by Crippen LogP contribution is -2.57. The second-order valence-corrected chi connectivity index (χ2v) is 8.04. The summed E-state index contributed by atoms with van der Waals surface area (Å²) in [5.41, 5.74) is 0.547. The fourth-order valence-corrected chi connectivity index (χ4v) is 4.47. The first-order valence-corrected chi connectivity index (χ1v) is 9.68. The molecule has 3 aliphatic rings. The maximum Gasteiger partial charge on any atom is 0.449 e. The Morgan fingerprint density at radius 2 is 1.81 bits per heavy atom. The van der Waals surface area contributed by atoms with Gasteiger partial charge in [0.25, 0.3) is 5.91 Å². The maximum atomic E-state index is 12.6. The zero-order valence-corrected chi connectivity index (χ0v) is 15.3. The number of halogens is 3. The van der Waals surface area contributed by atoms with Crippen LogP contribution in [-0.4, -0.2) is 36.5 Å². The highest BCUT2D eigenvalue weighted by atomic mass is 32.2. The fourth-order valence-electron chi connectivity index (χ4n) is 3.70. The van der Waals surface area contributed by atoms with E-state index in [-0.39, 0.29) is 17.0 Å². The molecule has 0 unspecified atom stereocenters. The average molecular weight is 396 g/mol. The Balaban J connectivity index is 1.37. The molecule has 8 heteroatoms. The Morgan fingerprint density at radius 1 is 1.11 bits per heavy atom. The monoisotopic (exact) mass is 396 g/mol. The summed E-state index contributed by atoms with van der Waals surface area (Å²) in [6, 6.07) is 9.20. The number of benzene rings is 1. The number of alkyl halides is 3. The number of furan rings is 1. The number of nitrogens with one attached hydrogen (secondary N) is 1. The number of carbonyl (C=O) groups is 1. The number of nitrogens with zero attached hydrogens (tertiary/aromatic N) is 1. The summed E-state index contributed by atoms with van der Waals surface area (Å²) < 4.78 is 42.6. The molecule has 1 aromatic heterocycles. The zero-order valence-electron chi connectivity index (χ0n) is 14.5. The first-order chi connectivity index (χ1) is 12.9. The smallest absolute Gasteiger partial charge is 0.445 e. The number of amides is 1. The van der Waals surface area contributed by atoms with Crippen molar-refractivity contribution in [1.82, 2.24) is 10.2 Å². The van der Waals surface area contributed by atoms with Crippen molar-refractivity contribution < 1.29 is 22.4 Å². The van der Waals surface area contributed by atoms with Gasteiger partial charge in [-0.3, -0.25) is 4.79 Å². The van der Waals surface area contributed by atoms with Crippen LogP contribution in [0.5, 0.6) is 0 Å². The minimum Gasteiger partial charge on any atom is -0.445 e. The van der Waals surface area contributed by atoms with Gasteiger partial charge in [0.2, 0.25) is 5.76 Å². The molecule has 2 aromatic rings. The summed E-state index contributed by atoms with van der Waals surface area (Å²) in [5.74, 6) is -0.572. The van der Waals surface area contributed by atoms with Crippen molar-refractivity contribution in [2.24, 2.45) is 5.92 Å². The molecule has 3 aliphatic heterocycles. The van der Waals surface area contributed by atoms with Crippen LogP contribution in [0.1, 0.15) is 29.0 Å². The summed E-state index contributed by atoms with van der Waals surface area (Å²) in [5, 5.41) is 3.28. The molecule has 5 rings (SSSR count). The molecular formula is C19H19F3N2O2S. The molecule has 0 aliphatic carbocycles. The topological polar surface area (TPSA) is 45.5 Å². The van der Waals surface area contributed by atoms with Crippen LogP contribution >= 0.6 is 11.8 Å². The molecule has 0 radical (unpaired) electrons. The van der Waals surface area contributed by atoms with Crippen LogP contribution in [0.15, 0.2) is 50.8 Å². The van der Waals surface area contributed by atoms with Crippen LogP contribution in [0.2, 0.25) is 0 Å². The summed E-state index contributed by atoms with van der Waals surface area (Å²) in [4.78, 5) is 15.6. The molecule has 2 bridgehead atoms. The van der Waals surface area contributed by atoms with Gasteiger partial charge in [0.05, 0.1) is 0 Å². The van der Waals surface area contributed by atoms with E-state index in [4.69, 9.17) is 4.42 Å². The summed E-state index contributed by atoms with van der Waals surface area (Å²) in [6.45, 7) is 3.14. The van der Waals surface area contributed by atoms with Gasteiger partial charge < -0.3 is 14.6 Å². The molecule has 1 atom stereocenters. The molecule has 1 N–H and O–H groups in total. The lowest BCUT2D eigenvalue weighted by atomic mass is 9.84. The van der Waals surface area contributed by atoms with Gasteiger partial charge in [-0.1, -0.05) is 11.8 Å². The third-order valence-electron chi connectivity index (χ3n) is 5.17. The minimum absolute atomic E-state index is 0.109. The molecule has 4 nitrogen and oxygen atoms in total. The van der Waals surface area contributed by atoms with Crippen molar-refractivity contribution in [3.63, 3.8) is 0 Å². The van der Waals surface area contributed by atoms with E-state index in [1.807, 2.05) is 0 Å². The van der Waals surface area contributed by atoms with Gasteiger partial charge in [0.15, 0.2) is 5.09 Å². The largest absolute Gasteiger partial charge is 0.449 e. The number of carbonyl (C=O) groups excluding carboxylic acids is 1. The average Bonchev–Trinajstić information content (AvgIpc) is 3.12. The van der Waals surface area contributed by atoms with Gasteiger partial charge in [0.1, 0.15) is 0 Å². The maximum absolute atomic E-state index is 12.6. The fraction of sp³-hybridized carbons (Fsp3) is 0.421. The molecule has 0 spiro atoms. The van der Waals surface area contributed by atoms with Gasteiger partial charge in [-0.05, 0) is 68.2 Å². The minimum atomic E-state index is -4.49. The van der Waals surface area contributed by atoms with Crippen LogP contribution in [0, 0.1) is 5.92 Å². The van der Waals surface area contributed by atoms with E-state index in [0.717, 1.165) is 50.3 Å². The van der Waals surface area contributed by atoms with E-state index in [1.54, 1.807) is 24.3 Å². The zero-order chi connectivity index (χ0) is 19.0. The first-order valence-electron chi connectivity index (χ1n) is 8.87. The third-order valence-corrected chi connectivity index (χ3v) is 6.10.